The molecular formula is C17H20N4O2. The average Bonchev–Trinajstić information content (AvgIpc) is 3.25. The highest BCUT2D eigenvalue weighted by Crippen LogP contribution is 2.33. The van der Waals surface area contributed by atoms with Gasteiger partial charge in [0.2, 0.25) is 18.1 Å². The third-order valence-electron chi connectivity index (χ3n) is 4.95. The molecule has 2 aliphatic rings. The third-order valence-corrected chi connectivity index (χ3v) is 4.95. The molecule has 120 valence electrons. The van der Waals surface area contributed by atoms with Crippen molar-refractivity contribution >= 4 is 11.6 Å². The highest BCUT2D eigenvalue weighted by molar-refractivity contribution is 5.95. The molecule has 2 fully saturated rings. The van der Waals surface area contributed by atoms with Gasteiger partial charge in [-0.3, -0.25) is 4.79 Å². The lowest BCUT2D eigenvalue weighted by Crippen LogP contribution is -2.39. The maximum atomic E-state index is 12.5. The van der Waals surface area contributed by atoms with Crippen molar-refractivity contribution in [1.82, 2.24) is 15.5 Å². The maximum Gasteiger partial charge on any atom is 0.241 e. The van der Waals surface area contributed by atoms with E-state index in [1.54, 1.807) is 0 Å². The van der Waals surface area contributed by atoms with E-state index in [9.17, 15) is 4.79 Å². The van der Waals surface area contributed by atoms with Crippen LogP contribution in [0.15, 0.2) is 35.2 Å². The van der Waals surface area contributed by atoms with Crippen LogP contribution >= 0.6 is 0 Å². The Bertz CT molecular complexity index is 654. The minimum atomic E-state index is -0.0695. The Kier molecular flexibility index (Phi) is 3.83. The van der Waals surface area contributed by atoms with E-state index >= 15 is 0 Å². The molecule has 3 atom stereocenters. The van der Waals surface area contributed by atoms with E-state index in [-0.39, 0.29) is 11.9 Å². The number of hydrogen-bond donors (Lipinski definition) is 2. The lowest BCUT2D eigenvalue weighted by atomic mass is 9.85. The summed E-state index contributed by atoms with van der Waals surface area (Å²) in [6.07, 6.45) is 7.29. The zero-order valence-electron chi connectivity index (χ0n) is 12.9. The van der Waals surface area contributed by atoms with Crippen LogP contribution in [0.3, 0.4) is 0 Å². The second-order valence-corrected chi connectivity index (χ2v) is 6.43. The summed E-state index contributed by atoms with van der Waals surface area (Å²) in [4.78, 5) is 16.5. The maximum absolute atomic E-state index is 12.5. The van der Waals surface area contributed by atoms with E-state index in [4.69, 9.17) is 4.52 Å². The molecule has 2 heterocycles. The fourth-order valence-corrected chi connectivity index (χ4v) is 3.75. The van der Waals surface area contributed by atoms with Crippen molar-refractivity contribution in [1.29, 1.82) is 0 Å². The van der Waals surface area contributed by atoms with E-state index in [0.29, 0.717) is 17.8 Å². The standard InChI is InChI=1S/C17H20N4O2/c22-17(15-9-12-3-1-2-4-14(12)20-15)19-13-7-5-11(6-8-13)16-18-10-23-21-16/h5-8,10,12,14-15,20H,1-4,9H2,(H,19,22). The summed E-state index contributed by atoms with van der Waals surface area (Å²) in [5.74, 6) is 1.27. The number of aromatic nitrogens is 2. The van der Waals surface area contributed by atoms with Gasteiger partial charge in [0.1, 0.15) is 0 Å². The topological polar surface area (TPSA) is 80.1 Å². The lowest BCUT2D eigenvalue weighted by Gasteiger charge is -2.24. The third kappa shape index (κ3) is 2.99. The first-order valence-corrected chi connectivity index (χ1v) is 8.23. The molecule has 0 radical (unpaired) electrons. The summed E-state index contributed by atoms with van der Waals surface area (Å²) < 4.78 is 4.74. The number of nitrogens with zero attached hydrogens (tertiary/aromatic N) is 2. The number of hydrogen-bond acceptors (Lipinski definition) is 5. The minimum absolute atomic E-state index is 0.0618. The number of benzene rings is 1. The largest absolute Gasteiger partial charge is 0.342 e. The van der Waals surface area contributed by atoms with Crippen LogP contribution in [0.25, 0.3) is 11.4 Å². The molecule has 6 nitrogen and oxygen atoms in total. The molecule has 4 rings (SSSR count). The fraction of sp³-hybridized carbons (Fsp3) is 0.471. The van der Waals surface area contributed by atoms with E-state index in [1.807, 2.05) is 24.3 Å². The number of carbonyl (C=O) groups is 1. The Morgan fingerprint density at radius 1 is 1.22 bits per heavy atom. The van der Waals surface area contributed by atoms with Gasteiger partial charge in [-0.15, -0.1) is 0 Å². The summed E-state index contributed by atoms with van der Waals surface area (Å²) in [5, 5.41) is 10.3. The number of fused-ring (bicyclic) bond motifs is 1. The first-order valence-electron chi connectivity index (χ1n) is 8.23. The smallest absolute Gasteiger partial charge is 0.241 e. The second-order valence-electron chi connectivity index (χ2n) is 6.43. The Morgan fingerprint density at radius 3 is 2.78 bits per heavy atom. The predicted octanol–water partition coefficient (Wildman–Crippen LogP) is 2.60. The van der Waals surface area contributed by atoms with Crippen molar-refractivity contribution in [2.24, 2.45) is 5.92 Å². The number of carbonyl (C=O) groups excluding carboxylic acids is 1. The molecule has 23 heavy (non-hydrogen) atoms. The van der Waals surface area contributed by atoms with Crippen LogP contribution in [0.1, 0.15) is 32.1 Å². The molecule has 0 spiro atoms. The van der Waals surface area contributed by atoms with Crippen LogP contribution in [0, 0.1) is 5.92 Å². The summed E-state index contributed by atoms with van der Waals surface area (Å²) in [5.41, 5.74) is 1.65. The molecule has 6 heteroatoms. The van der Waals surface area contributed by atoms with Gasteiger partial charge in [-0.25, -0.2) is 0 Å². The SMILES string of the molecule is O=C(Nc1ccc(-c2ncon2)cc1)C1CC2CCCCC2N1. The summed E-state index contributed by atoms with van der Waals surface area (Å²) in [6.45, 7) is 0. The van der Waals surface area contributed by atoms with E-state index in [2.05, 4.69) is 20.8 Å². The van der Waals surface area contributed by atoms with Crippen molar-refractivity contribution < 1.29 is 9.32 Å². The van der Waals surface area contributed by atoms with Gasteiger partial charge in [0.05, 0.1) is 6.04 Å². The van der Waals surface area contributed by atoms with Gasteiger partial charge in [0, 0.05) is 17.3 Å². The molecule has 2 N–H and O–H groups in total. The lowest BCUT2D eigenvalue weighted by molar-refractivity contribution is -0.117. The van der Waals surface area contributed by atoms with Crippen LogP contribution in [-0.4, -0.2) is 28.1 Å². The number of amides is 1. The van der Waals surface area contributed by atoms with Crippen LogP contribution < -0.4 is 10.6 Å². The van der Waals surface area contributed by atoms with Crippen molar-refractivity contribution in [2.45, 2.75) is 44.2 Å². The molecular weight excluding hydrogens is 292 g/mol. The first kappa shape index (κ1) is 14.4. The highest BCUT2D eigenvalue weighted by atomic mass is 16.5. The molecule has 1 aliphatic carbocycles. The molecule has 1 saturated heterocycles. The molecule has 1 amide bonds. The first-order chi connectivity index (χ1) is 11.3. The second kappa shape index (κ2) is 6.12. The van der Waals surface area contributed by atoms with E-state index in [0.717, 1.165) is 17.7 Å². The van der Waals surface area contributed by atoms with Crippen LogP contribution in [0.4, 0.5) is 5.69 Å². The molecule has 1 aromatic heterocycles. The molecule has 0 bridgehead atoms. The normalized spacial score (nSPS) is 26.7. The minimum Gasteiger partial charge on any atom is -0.342 e. The Morgan fingerprint density at radius 2 is 2.04 bits per heavy atom. The number of rotatable bonds is 3. The van der Waals surface area contributed by atoms with E-state index in [1.165, 1.54) is 32.1 Å². The zero-order valence-corrected chi connectivity index (χ0v) is 12.9. The van der Waals surface area contributed by atoms with Gasteiger partial charge in [0.25, 0.3) is 0 Å². The van der Waals surface area contributed by atoms with Gasteiger partial charge in [-0.05, 0) is 49.4 Å². The predicted molar refractivity (Wildman–Crippen MR) is 85.7 cm³/mol. The molecule has 1 saturated carbocycles. The highest BCUT2D eigenvalue weighted by Gasteiger charge is 2.38. The van der Waals surface area contributed by atoms with Crippen molar-refractivity contribution in [3.05, 3.63) is 30.7 Å². The summed E-state index contributed by atoms with van der Waals surface area (Å²) in [6, 6.07) is 7.95. The van der Waals surface area contributed by atoms with Gasteiger partial charge in [0.15, 0.2) is 0 Å². The van der Waals surface area contributed by atoms with Crippen LogP contribution in [0.5, 0.6) is 0 Å². The molecule has 3 unspecified atom stereocenters. The molecule has 1 aromatic carbocycles. The number of nitrogens with one attached hydrogen (secondary N) is 2. The van der Waals surface area contributed by atoms with Gasteiger partial charge >= 0.3 is 0 Å². The van der Waals surface area contributed by atoms with Crippen molar-refractivity contribution in [2.75, 3.05) is 5.32 Å². The summed E-state index contributed by atoms with van der Waals surface area (Å²) in [7, 11) is 0. The van der Waals surface area contributed by atoms with Crippen LogP contribution in [-0.2, 0) is 4.79 Å². The Labute approximate surface area is 134 Å². The quantitative estimate of drug-likeness (QED) is 0.910. The van der Waals surface area contributed by atoms with Crippen LogP contribution in [0.2, 0.25) is 0 Å². The van der Waals surface area contributed by atoms with Gasteiger partial charge < -0.3 is 15.2 Å². The van der Waals surface area contributed by atoms with E-state index < -0.39 is 0 Å². The zero-order chi connectivity index (χ0) is 15.6. The average molecular weight is 312 g/mol. The fourth-order valence-electron chi connectivity index (χ4n) is 3.75. The Hall–Kier alpha value is -2.21. The Balaban J connectivity index is 1.39. The van der Waals surface area contributed by atoms with Crippen molar-refractivity contribution in [3.63, 3.8) is 0 Å². The number of anilines is 1. The molecule has 2 aromatic rings. The monoisotopic (exact) mass is 312 g/mol. The van der Waals surface area contributed by atoms with Gasteiger partial charge in [-0.1, -0.05) is 18.0 Å². The molecule has 1 aliphatic heterocycles. The van der Waals surface area contributed by atoms with Gasteiger partial charge in [-0.2, -0.15) is 4.98 Å². The van der Waals surface area contributed by atoms with Crippen molar-refractivity contribution in [3.8, 4) is 11.4 Å². The summed E-state index contributed by atoms with van der Waals surface area (Å²) >= 11 is 0.